The molecule has 0 radical (unpaired) electrons. The van der Waals surface area contributed by atoms with Gasteiger partial charge in [-0.25, -0.2) is 4.98 Å². The van der Waals surface area contributed by atoms with E-state index in [0.717, 1.165) is 18.8 Å². The number of nitrogens with zero attached hydrogens (tertiary/aromatic N) is 1. The Bertz CT molecular complexity index is 316. The summed E-state index contributed by atoms with van der Waals surface area (Å²) in [6, 6.07) is 3.61. The molecule has 0 aliphatic heterocycles. The standard InChI is InChI=1S/C10H18N4S/c1-7(15-2)5-6-13-9-4-3-8(11)10(12)14-9/h3-4,7H,5-6,11H2,1-2H3,(H3,12,13,14). The van der Waals surface area contributed by atoms with Crippen LogP contribution >= 0.6 is 11.8 Å². The molecule has 5 heteroatoms. The van der Waals surface area contributed by atoms with Gasteiger partial charge in [-0.05, 0) is 24.8 Å². The summed E-state index contributed by atoms with van der Waals surface area (Å²) in [6.45, 7) is 3.11. The molecule has 0 fully saturated rings. The first-order chi connectivity index (χ1) is 7.13. The molecule has 1 aromatic rings. The lowest BCUT2D eigenvalue weighted by atomic mass is 10.3. The van der Waals surface area contributed by atoms with E-state index in [9.17, 15) is 0 Å². The molecule has 1 rings (SSSR count). The second-order valence-corrected chi connectivity index (χ2v) is 4.71. The molecular weight excluding hydrogens is 208 g/mol. The minimum absolute atomic E-state index is 0.387. The summed E-state index contributed by atoms with van der Waals surface area (Å²) >= 11 is 1.86. The highest BCUT2D eigenvalue weighted by Crippen LogP contribution is 2.15. The largest absolute Gasteiger partial charge is 0.396 e. The van der Waals surface area contributed by atoms with Gasteiger partial charge in [-0.2, -0.15) is 11.8 Å². The van der Waals surface area contributed by atoms with Gasteiger partial charge in [0.1, 0.15) is 11.6 Å². The topological polar surface area (TPSA) is 77.0 Å². The monoisotopic (exact) mass is 226 g/mol. The molecule has 0 aromatic carbocycles. The van der Waals surface area contributed by atoms with Crippen LogP contribution in [0, 0.1) is 0 Å². The highest BCUT2D eigenvalue weighted by Gasteiger charge is 2.01. The van der Waals surface area contributed by atoms with E-state index in [1.807, 2.05) is 17.8 Å². The number of anilines is 3. The first-order valence-corrected chi connectivity index (χ1v) is 6.21. The van der Waals surface area contributed by atoms with E-state index < -0.39 is 0 Å². The van der Waals surface area contributed by atoms with Crippen LogP contribution in [0.5, 0.6) is 0 Å². The molecule has 0 aliphatic rings. The summed E-state index contributed by atoms with van der Waals surface area (Å²) in [4.78, 5) is 4.13. The molecular formula is C10H18N4S. The maximum absolute atomic E-state index is 5.60. The predicted molar refractivity (Wildman–Crippen MR) is 69.1 cm³/mol. The van der Waals surface area contributed by atoms with E-state index >= 15 is 0 Å². The van der Waals surface area contributed by atoms with Crippen molar-refractivity contribution in [3.63, 3.8) is 0 Å². The van der Waals surface area contributed by atoms with Crippen molar-refractivity contribution in [1.29, 1.82) is 0 Å². The molecule has 1 unspecified atom stereocenters. The lowest BCUT2D eigenvalue weighted by Crippen LogP contribution is -2.09. The molecule has 0 aliphatic carbocycles. The molecule has 5 N–H and O–H groups in total. The van der Waals surface area contributed by atoms with Crippen molar-refractivity contribution < 1.29 is 0 Å². The van der Waals surface area contributed by atoms with Crippen molar-refractivity contribution in [3.8, 4) is 0 Å². The highest BCUT2D eigenvalue weighted by molar-refractivity contribution is 7.99. The van der Waals surface area contributed by atoms with E-state index in [2.05, 4.69) is 23.5 Å². The minimum atomic E-state index is 0.387. The van der Waals surface area contributed by atoms with Crippen LogP contribution in [0.15, 0.2) is 12.1 Å². The van der Waals surface area contributed by atoms with Crippen molar-refractivity contribution in [2.45, 2.75) is 18.6 Å². The van der Waals surface area contributed by atoms with Crippen molar-refractivity contribution in [2.24, 2.45) is 0 Å². The van der Waals surface area contributed by atoms with Crippen LogP contribution in [0.25, 0.3) is 0 Å². The van der Waals surface area contributed by atoms with Crippen molar-refractivity contribution in [1.82, 2.24) is 4.98 Å². The third-order valence-corrected chi connectivity index (χ3v) is 3.26. The van der Waals surface area contributed by atoms with Gasteiger partial charge < -0.3 is 16.8 Å². The summed E-state index contributed by atoms with van der Waals surface area (Å²) < 4.78 is 0. The zero-order valence-electron chi connectivity index (χ0n) is 9.16. The molecule has 0 amide bonds. The van der Waals surface area contributed by atoms with Crippen LogP contribution in [0.4, 0.5) is 17.3 Å². The quantitative estimate of drug-likeness (QED) is 0.713. The van der Waals surface area contributed by atoms with E-state index in [-0.39, 0.29) is 0 Å². The Kier molecular flexibility index (Phi) is 4.55. The average Bonchev–Trinajstić information content (AvgIpc) is 2.23. The molecule has 15 heavy (non-hydrogen) atoms. The number of hydrogen-bond donors (Lipinski definition) is 3. The second-order valence-electron chi connectivity index (χ2n) is 3.43. The number of nitrogen functional groups attached to an aromatic ring is 2. The maximum Gasteiger partial charge on any atom is 0.149 e. The number of nitrogens with two attached hydrogens (primary N) is 2. The summed E-state index contributed by atoms with van der Waals surface area (Å²) in [5.41, 5.74) is 11.7. The van der Waals surface area contributed by atoms with E-state index in [1.54, 1.807) is 6.07 Å². The van der Waals surface area contributed by atoms with Crippen LogP contribution < -0.4 is 16.8 Å². The lowest BCUT2D eigenvalue weighted by molar-refractivity contribution is 0.850. The van der Waals surface area contributed by atoms with Crippen molar-refractivity contribution >= 4 is 29.1 Å². The Balaban J connectivity index is 2.41. The van der Waals surface area contributed by atoms with E-state index in [0.29, 0.717) is 16.8 Å². The Hall–Kier alpha value is -1.10. The highest BCUT2D eigenvalue weighted by atomic mass is 32.2. The Morgan fingerprint density at radius 2 is 2.20 bits per heavy atom. The van der Waals surface area contributed by atoms with Gasteiger partial charge in [-0.3, -0.25) is 0 Å². The van der Waals surface area contributed by atoms with E-state index in [1.165, 1.54) is 0 Å². The number of pyridine rings is 1. The molecule has 1 heterocycles. The van der Waals surface area contributed by atoms with Crippen LogP contribution in [-0.2, 0) is 0 Å². The minimum Gasteiger partial charge on any atom is -0.396 e. The van der Waals surface area contributed by atoms with Gasteiger partial charge in [0.05, 0.1) is 5.69 Å². The smallest absolute Gasteiger partial charge is 0.149 e. The summed E-state index contributed by atoms with van der Waals surface area (Å²) in [7, 11) is 0. The average molecular weight is 226 g/mol. The van der Waals surface area contributed by atoms with Gasteiger partial charge >= 0.3 is 0 Å². The summed E-state index contributed by atoms with van der Waals surface area (Å²) in [5.74, 6) is 1.17. The third kappa shape index (κ3) is 3.87. The van der Waals surface area contributed by atoms with Crippen LogP contribution in [0.1, 0.15) is 13.3 Å². The van der Waals surface area contributed by atoms with Gasteiger partial charge in [-0.15, -0.1) is 0 Å². The molecule has 0 saturated carbocycles. The lowest BCUT2D eigenvalue weighted by Gasteiger charge is -2.10. The van der Waals surface area contributed by atoms with Crippen molar-refractivity contribution in [2.75, 3.05) is 29.6 Å². The normalized spacial score (nSPS) is 12.4. The molecule has 0 saturated heterocycles. The molecule has 0 bridgehead atoms. The van der Waals surface area contributed by atoms with Crippen LogP contribution in [0.3, 0.4) is 0 Å². The zero-order chi connectivity index (χ0) is 11.3. The molecule has 1 atom stereocenters. The maximum atomic E-state index is 5.60. The zero-order valence-corrected chi connectivity index (χ0v) is 9.97. The van der Waals surface area contributed by atoms with Gasteiger partial charge in [0, 0.05) is 11.8 Å². The second kappa shape index (κ2) is 5.70. The van der Waals surface area contributed by atoms with Gasteiger partial charge in [-0.1, -0.05) is 6.92 Å². The number of nitrogens with one attached hydrogen (secondary N) is 1. The fraction of sp³-hybridized carbons (Fsp3) is 0.500. The molecule has 4 nitrogen and oxygen atoms in total. The third-order valence-electron chi connectivity index (χ3n) is 2.22. The molecule has 1 aromatic heterocycles. The Labute approximate surface area is 94.8 Å². The van der Waals surface area contributed by atoms with E-state index in [4.69, 9.17) is 11.5 Å². The summed E-state index contributed by atoms with van der Waals surface area (Å²) in [6.07, 6.45) is 3.22. The fourth-order valence-electron chi connectivity index (χ4n) is 1.11. The SMILES string of the molecule is CSC(C)CCNc1ccc(N)c(N)n1. The van der Waals surface area contributed by atoms with Crippen LogP contribution in [-0.4, -0.2) is 23.0 Å². The van der Waals surface area contributed by atoms with Gasteiger partial charge in [0.15, 0.2) is 0 Å². The predicted octanol–water partition coefficient (Wildman–Crippen LogP) is 1.80. The van der Waals surface area contributed by atoms with Gasteiger partial charge in [0.2, 0.25) is 0 Å². The first kappa shape index (κ1) is 12.0. The fourth-order valence-corrected chi connectivity index (χ4v) is 1.46. The van der Waals surface area contributed by atoms with Crippen molar-refractivity contribution in [3.05, 3.63) is 12.1 Å². The number of rotatable bonds is 5. The number of thioether (sulfide) groups is 1. The molecule has 84 valence electrons. The molecule has 0 spiro atoms. The van der Waals surface area contributed by atoms with Gasteiger partial charge in [0.25, 0.3) is 0 Å². The number of hydrogen-bond acceptors (Lipinski definition) is 5. The summed E-state index contributed by atoms with van der Waals surface area (Å²) in [5, 5.41) is 3.87. The Morgan fingerprint density at radius 1 is 1.47 bits per heavy atom. The first-order valence-electron chi connectivity index (χ1n) is 4.92. The Morgan fingerprint density at radius 3 is 2.80 bits per heavy atom. The van der Waals surface area contributed by atoms with Crippen LogP contribution in [0.2, 0.25) is 0 Å². The number of aromatic nitrogens is 1.